The number of esters is 1. The van der Waals surface area contributed by atoms with E-state index in [0.29, 0.717) is 45.7 Å². The van der Waals surface area contributed by atoms with Gasteiger partial charge in [-0.3, -0.25) is 4.79 Å². The topological polar surface area (TPSA) is 123 Å². The number of hydrogen-bond donors (Lipinski definition) is 3. The van der Waals surface area contributed by atoms with Gasteiger partial charge in [0.2, 0.25) is 5.91 Å². The number of rotatable bonds is 12. The molecule has 1 aromatic rings. The predicted molar refractivity (Wildman–Crippen MR) is 125 cm³/mol. The van der Waals surface area contributed by atoms with Gasteiger partial charge in [0, 0.05) is 31.6 Å². The van der Waals surface area contributed by atoms with Gasteiger partial charge in [-0.2, -0.15) is 0 Å². The Bertz CT molecular complexity index is 765. The zero-order valence-electron chi connectivity index (χ0n) is 19.3. The van der Waals surface area contributed by atoms with E-state index in [1.54, 1.807) is 17.9 Å². The molecule has 182 valence electrons. The van der Waals surface area contributed by atoms with Crippen LogP contribution in [0.3, 0.4) is 0 Å². The molecule has 33 heavy (non-hydrogen) atoms. The predicted octanol–water partition coefficient (Wildman–Crippen LogP) is 1.37. The highest BCUT2D eigenvalue weighted by atomic mass is 16.5. The van der Waals surface area contributed by atoms with Crippen molar-refractivity contribution in [2.45, 2.75) is 44.7 Å². The van der Waals surface area contributed by atoms with Crippen molar-refractivity contribution in [3.8, 4) is 0 Å². The minimum Gasteiger partial charge on any atom is -0.463 e. The summed E-state index contributed by atoms with van der Waals surface area (Å²) in [4.78, 5) is 39.4. The van der Waals surface area contributed by atoms with Crippen LogP contribution in [-0.2, 0) is 25.5 Å². The Morgan fingerprint density at radius 3 is 2.55 bits per heavy atom. The van der Waals surface area contributed by atoms with E-state index in [1.165, 1.54) is 6.08 Å². The molecule has 1 aliphatic rings. The summed E-state index contributed by atoms with van der Waals surface area (Å²) < 4.78 is 10.2. The summed E-state index contributed by atoms with van der Waals surface area (Å²) in [5, 5.41) is 5.85. The van der Waals surface area contributed by atoms with Crippen molar-refractivity contribution in [3.63, 3.8) is 0 Å². The summed E-state index contributed by atoms with van der Waals surface area (Å²) in [6.07, 6.45) is 5.53. The van der Waals surface area contributed by atoms with Crippen LogP contribution in [0.5, 0.6) is 0 Å². The van der Waals surface area contributed by atoms with Gasteiger partial charge in [-0.1, -0.05) is 36.4 Å². The highest BCUT2D eigenvalue weighted by Crippen LogP contribution is 2.08. The van der Waals surface area contributed by atoms with Crippen molar-refractivity contribution >= 4 is 17.9 Å². The van der Waals surface area contributed by atoms with Gasteiger partial charge in [0.1, 0.15) is 6.04 Å². The van der Waals surface area contributed by atoms with Crippen molar-refractivity contribution in [1.82, 2.24) is 15.5 Å². The zero-order chi connectivity index (χ0) is 23.9. The Balaban J connectivity index is 2.10. The monoisotopic (exact) mass is 460 g/mol. The molecule has 1 saturated heterocycles. The molecule has 1 aromatic carbocycles. The molecule has 2 unspecified atom stereocenters. The fourth-order valence-corrected chi connectivity index (χ4v) is 3.46. The second kappa shape index (κ2) is 15.0. The molecule has 1 heterocycles. The van der Waals surface area contributed by atoms with Gasteiger partial charge in [-0.15, -0.1) is 0 Å². The van der Waals surface area contributed by atoms with E-state index in [-0.39, 0.29) is 24.6 Å². The molecule has 1 aliphatic heterocycles. The van der Waals surface area contributed by atoms with Crippen molar-refractivity contribution in [2.24, 2.45) is 5.73 Å². The lowest BCUT2D eigenvalue weighted by Crippen LogP contribution is -2.55. The van der Waals surface area contributed by atoms with Crippen molar-refractivity contribution in [2.75, 3.05) is 39.5 Å². The summed E-state index contributed by atoms with van der Waals surface area (Å²) in [5.41, 5.74) is 6.53. The molecule has 0 bridgehead atoms. The van der Waals surface area contributed by atoms with Crippen LogP contribution < -0.4 is 16.4 Å². The Kier molecular flexibility index (Phi) is 12.0. The Hall–Kier alpha value is -2.91. The number of amides is 3. The molecule has 4 N–H and O–H groups in total. The molecule has 9 heteroatoms. The number of carbonyl (C=O) groups excluding carboxylic acids is 3. The quantitative estimate of drug-likeness (QED) is 0.246. The lowest BCUT2D eigenvalue weighted by Gasteiger charge is -2.29. The number of carbonyl (C=O) groups is 3. The summed E-state index contributed by atoms with van der Waals surface area (Å²) in [5.74, 6) is -0.774. The third-order valence-electron chi connectivity index (χ3n) is 5.24. The van der Waals surface area contributed by atoms with Crippen LogP contribution in [0.15, 0.2) is 42.5 Å². The summed E-state index contributed by atoms with van der Waals surface area (Å²) in [6.45, 7) is 4.48. The summed E-state index contributed by atoms with van der Waals surface area (Å²) >= 11 is 0. The van der Waals surface area contributed by atoms with Gasteiger partial charge in [0.25, 0.3) is 0 Å². The molecule has 0 aliphatic carbocycles. The van der Waals surface area contributed by atoms with Crippen LogP contribution in [0.2, 0.25) is 0 Å². The smallest absolute Gasteiger partial charge is 0.330 e. The molecule has 3 amide bonds. The number of unbranched alkanes of at least 4 members (excludes halogenated alkanes) is 1. The lowest BCUT2D eigenvalue weighted by molar-refractivity contribution is -0.137. The number of nitrogens with zero attached hydrogens (tertiary/aromatic N) is 1. The Morgan fingerprint density at radius 2 is 1.88 bits per heavy atom. The molecule has 0 saturated carbocycles. The van der Waals surface area contributed by atoms with Gasteiger partial charge < -0.3 is 30.7 Å². The van der Waals surface area contributed by atoms with Crippen molar-refractivity contribution in [1.29, 1.82) is 0 Å². The van der Waals surface area contributed by atoms with Crippen molar-refractivity contribution in [3.05, 3.63) is 48.0 Å². The number of hydrogen-bond acceptors (Lipinski definition) is 6. The van der Waals surface area contributed by atoms with E-state index in [0.717, 1.165) is 18.4 Å². The van der Waals surface area contributed by atoms with Crippen LogP contribution in [0, 0.1) is 0 Å². The third-order valence-corrected chi connectivity index (χ3v) is 5.24. The number of ether oxygens (including phenoxy) is 2. The second-order valence-electron chi connectivity index (χ2n) is 7.80. The molecular formula is C24H36N4O5. The van der Waals surface area contributed by atoms with E-state index < -0.39 is 12.0 Å². The Morgan fingerprint density at radius 1 is 1.15 bits per heavy atom. The fraction of sp³-hybridized carbons (Fsp3) is 0.542. The first-order chi connectivity index (χ1) is 16.0. The number of nitrogens with two attached hydrogens (primary N) is 1. The van der Waals surface area contributed by atoms with E-state index in [4.69, 9.17) is 15.2 Å². The number of morpholine rings is 1. The van der Waals surface area contributed by atoms with E-state index in [9.17, 15) is 14.4 Å². The van der Waals surface area contributed by atoms with Crippen LogP contribution in [0.4, 0.5) is 4.79 Å². The molecule has 2 atom stereocenters. The van der Waals surface area contributed by atoms with E-state index >= 15 is 0 Å². The minimum absolute atomic E-state index is 0.278. The standard InChI is InChI=1S/C24H36N4O5/c1-2-33-22(29)12-11-20(10-6-7-13-25)26-23(30)21(18-19-8-4-3-5-9-19)27-24(31)28-14-16-32-17-15-28/h3-5,8-9,11-12,20-21H,2,6-7,10,13-18,25H2,1H3,(H,26,30)(H,27,31)/b12-11+. The third kappa shape index (κ3) is 10.0. The van der Waals surface area contributed by atoms with Gasteiger partial charge >= 0.3 is 12.0 Å². The van der Waals surface area contributed by atoms with Gasteiger partial charge in [-0.25, -0.2) is 9.59 Å². The summed E-state index contributed by atoms with van der Waals surface area (Å²) in [6, 6.07) is 8.08. The molecule has 2 rings (SSSR count). The van der Waals surface area contributed by atoms with Gasteiger partial charge in [0.15, 0.2) is 0 Å². The number of nitrogens with one attached hydrogen (secondary N) is 2. The molecule has 9 nitrogen and oxygen atoms in total. The highest BCUT2D eigenvalue weighted by molar-refractivity contribution is 5.88. The van der Waals surface area contributed by atoms with E-state index in [1.807, 2.05) is 30.3 Å². The maximum Gasteiger partial charge on any atom is 0.330 e. The summed E-state index contributed by atoms with van der Waals surface area (Å²) in [7, 11) is 0. The van der Waals surface area contributed by atoms with Crippen LogP contribution in [0.25, 0.3) is 0 Å². The molecule has 1 fully saturated rings. The molecule has 0 radical (unpaired) electrons. The first kappa shape index (κ1) is 26.3. The average Bonchev–Trinajstić information content (AvgIpc) is 2.83. The van der Waals surface area contributed by atoms with Gasteiger partial charge in [-0.05, 0) is 38.3 Å². The lowest BCUT2D eigenvalue weighted by atomic mass is 10.0. The van der Waals surface area contributed by atoms with E-state index in [2.05, 4.69) is 10.6 Å². The SMILES string of the molecule is CCOC(=O)/C=C/C(CCCCN)NC(=O)C(Cc1ccccc1)NC(=O)N1CCOCC1. The van der Waals surface area contributed by atoms with Crippen LogP contribution in [0.1, 0.15) is 31.7 Å². The second-order valence-corrected chi connectivity index (χ2v) is 7.80. The van der Waals surface area contributed by atoms with Gasteiger partial charge in [0.05, 0.1) is 19.8 Å². The van der Waals surface area contributed by atoms with Crippen LogP contribution >= 0.6 is 0 Å². The average molecular weight is 461 g/mol. The highest BCUT2D eigenvalue weighted by Gasteiger charge is 2.26. The zero-order valence-corrected chi connectivity index (χ0v) is 19.3. The first-order valence-electron chi connectivity index (χ1n) is 11.6. The number of benzene rings is 1. The van der Waals surface area contributed by atoms with Crippen LogP contribution in [-0.4, -0.2) is 74.3 Å². The largest absolute Gasteiger partial charge is 0.463 e. The Labute approximate surface area is 195 Å². The molecular weight excluding hydrogens is 424 g/mol. The van der Waals surface area contributed by atoms with Crippen molar-refractivity contribution < 1.29 is 23.9 Å². The number of urea groups is 1. The maximum atomic E-state index is 13.2. The first-order valence-corrected chi connectivity index (χ1v) is 11.6. The molecule has 0 aromatic heterocycles. The normalized spacial score (nSPS) is 15.6. The minimum atomic E-state index is -0.768. The fourth-order valence-electron chi connectivity index (χ4n) is 3.46. The maximum absolute atomic E-state index is 13.2. The molecule has 0 spiro atoms.